The minimum atomic E-state index is -0.301. The Morgan fingerprint density at radius 2 is 2.29 bits per heavy atom. The van der Waals surface area contributed by atoms with E-state index in [1.807, 2.05) is 0 Å². The maximum Gasteiger partial charge on any atom is 0.350 e. The number of esters is 1. The van der Waals surface area contributed by atoms with Crippen LogP contribution in [0.1, 0.15) is 27.3 Å². The lowest BCUT2D eigenvalue weighted by atomic mass is 10.4. The quantitative estimate of drug-likeness (QED) is 0.718. The molecule has 4 nitrogen and oxygen atoms in total. The van der Waals surface area contributed by atoms with Crippen LogP contribution >= 0.6 is 11.3 Å². The van der Waals surface area contributed by atoms with Crippen molar-refractivity contribution in [3.8, 4) is 0 Å². The number of carbonyl (C=O) groups is 1. The lowest BCUT2D eigenvalue weighted by molar-refractivity contribution is 0.0531. The second-order valence-electron chi connectivity index (χ2n) is 2.68. The standard InChI is InChI=1S/C9H13NO3S/c1-4-13-9(11)8-6(2)10-7(14-8)5-12-3/h4-5H2,1-3H3. The van der Waals surface area contributed by atoms with Crippen LogP contribution in [0.4, 0.5) is 0 Å². The summed E-state index contributed by atoms with van der Waals surface area (Å²) in [5.74, 6) is -0.301. The number of aryl methyl sites for hydroxylation is 1. The number of hydrogen-bond acceptors (Lipinski definition) is 5. The molecule has 0 radical (unpaired) electrons. The van der Waals surface area contributed by atoms with Crippen molar-refractivity contribution in [1.82, 2.24) is 4.98 Å². The van der Waals surface area contributed by atoms with Gasteiger partial charge in [-0.15, -0.1) is 11.3 Å². The Bertz CT molecular complexity index is 322. The molecule has 0 aromatic carbocycles. The van der Waals surface area contributed by atoms with Crippen molar-refractivity contribution >= 4 is 17.3 Å². The molecule has 0 aliphatic carbocycles. The third-order valence-corrected chi connectivity index (χ3v) is 2.68. The Morgan fingerprint density at radius 3 is 2.86 bits per heavy atom. The van der Waals surface area contributed by atoms with Crippen LogP contribution in [0.5, 0.6) is 0 Å². The Hall–Kier alpha value is -0.940. The van der Waals surface area contributed by atoms with Crippen LogP contribution in [0.2, 0.25) is 0 Å². The van der Waals surface area contributed by atoms with Crippen molar-refractivity contribution in [2.75, 3.05) is 13.7 Å². The molecule has 1 rings (SSSR count). The van der Waals surface area contributed by atoms with Gasteiger partial charge in [-0.2, -0.15) is 0 Å². The van der Waals surface area contributed by atoms with E-state index >= 15 is 0 Å². The van der Waals surface area contributed by atoms with E-state index in [4.69, 9.17) is 9.47 Å². The smallest absolute Gasteiger partial charge is 0.350 e. The summed E-state index contributed by atoms with van der Waals surface area (Å²) in [6.45, 7) is 4.40. The van der Waals surface area contributed by atoms with Crippen molar-refractivity contribution in [3.05, 3.63) is 15.6 Å². The molecule has 14 heavy (non-hydrogen) atoms. The molecule has 1 aromatic heterocycles. The summed E-state index contributed by atoms with van der Waals surface area (Å²) < 4.78 is 9.82. The van der Waals surface area contributed by atoms with E-state index < -0.39 is 0 Å². The first kappa shape index (κ1) is 11.1. The van der Waals surface area contributed by atoms with Gasteiger partial charge in [-0.1, -0.05) is 0 Å². The number of methoxy groups -OCH3 is 1. The number of thiazole rings is 1. The monoisotopic (exact) mass is 215 g/mol. The van der Waals surface area contributed by atoms with Gasteiger partial charge >= 0.3 is 5.97 Å². The number of carbonyl (C=O) groups excluding carboxylic acids is 1. The number of hydrogen-bond donors (Lipinski definition) is 0. The van der Waals surface area contributed by atoms with Gasteiger partial charge in [0.15, 0.2) is 0 Å². The maximum absolute atomic E-state index is 11.4. The Kier molecular flexibility index (Phi) is 4.03. The fourth-order valence-electron chi connectivity index (χ4n) is 1.02. The summed E-state index contributed by atoms with van der Waals surface area (Å²) in [6, 6.07) is 0. The van der Waals surface area contributed by atoms with Gasteiger partial charge in [-0.05, 0) is 13.8 Å². The lowest BCUT2D eigenvalue weighted by Gasteiger charge is -1.97. The summed E-state index contributed by atoms with van der Waals surface area (Å²) in [6.07, 6.45) is 0. The van der Waals surface area contributed by atoms with E-state index in [1.54, 1.807) is 21.0 Å². The molecule has 0 aliphatic heterocycles. The Labute approximate surface area is 86.9 Å². The fraction of sp³-hybridized carbons (Fsp3) is 0.556. The summed E-state index contributed by atoms with van der Waals surface area (Å²) in [4.78, 5) is 16.2. The highest BCUT2D eigenvalue weighted by molar-refractivity contribution is 7.13. The molecule has 0 amide bonds. The molecule has 1 heterocycles. The first-order valence-electron chi connectivity index (χ1n) is 4.31. The second-order valence-corrected chi connectivity index (χ2v) is 3.76. The van der Waals surface area contributed by atoms with Gasteiger partial charge in [-0.25, -0.2) is 9.78 Å². The summed E-state index contributed by atoms with van der Waals surface area (Å²) in [5, 5.41) is 0.799. The number of aromatic nitrogens is 1. The molecule has 0 aliphatic rings. The van der Waals surface area contributed by atoms with Crippen LogP contribution in [-0.4, -0.2) is 24.7 Å². The van der Waals surface area contributed by atoms with Crippen molar-refractivity contribution in [2.45, 2.75) is 20.5 Å². The molecule has 78 valence electrons. The minimum absolute atomic E-state index is 0.301. The van der Waals surface area contributed by atoms with Crippen LogP contribution in [-0.2, 0) is 16.1 Å². The van der Waals surface area contributed by atoms with E-state index in [9.17, 15) is 4.79 Å². The molecule has 0 atom stereocenters. The van der Waals surface area contributed by atoms with Gasteiger partial charge in [-0.3, -0.25) is 0 Å². The van der Waals surface area contributed by atoms with E-state index in [0.29, 0.717) is 23.8 Å². The van der Waals surface area contributed by atoms with Gasteiger partial charge in [0.1, 0.15) is 9.88 Å². The van der Waals surface area contributed by atoms with Crippen molar-refractivity contribution in [2.24, 2.45) is 0 Å². The van der Waals surface area contributed by atoms with Crippen molar-refractivity contribution < 1.29 is 14.3 Å². The van der Waals surface area contributed by atoms with Crippen LogP contribution in [0.3, 0.4) is 0 Å². The zero-order valence-electron chi connectivity index (χ0n) is 8.49. The highest BCUT2D eigenvalue weighted by Crippen LogP contribution is 2.19. The van der Waals surface area contributed by atoms with E-state index in [-0.39, 0.29) is 5.97 Å². The molecule has 5 heteroatoms. The first-order valence-corrected chi connectivity index (χ1v) is 5.13. The molecule has 0 fully saturated rings. The maximum atomic E-state index is 11.4. The van der Waals surface area contributed by atoms with Crippen LogP contribution in [0, 0.1) is 6.92 Å². The molecule has 1 aromatic rings. The van der Waals surface area contributed by atoms with Crippen LogP contribution in [0.25, 0.3) is 0 Å². The highest BCUT2D eigenvalue weighted by atomic mass is 32.1. The molecule has 0 unspecified atom stereocenters. The van der Waals surface area contributed by atoms with E-state index in [0.717, 1.165) is 5.01 Å². The van der Waals surface area contributed by atoms with Gasteiger partial charge in [0.25, 0.3) is 0 Å². The molecular formula is C9H13NO3S. The second kappa shape index (κ2) is 5.07. The molecule has 0 N–H and O–H groups in total. The van der Waals surface area contributed by atoms with Gasteiger partial charge in [0.2, 0.25) is 0 Å². The Balaban J connectivity index is 2.81. The number of nitrogens with zero attached hydrogens (tertiary/aromatic N) is 1. The van der Waals surface area contributed by atoms with Crippen LogP contribution in [0.15, 0.2) is 0 Å². The highest BCUT2D eigenvalue weighted by Gasteiger charge is 2.15. The van der Waals surface area contributed by atoms with Gasteiger partial charge in [0.05, 0.1) is 18.9 Å². The lowest BCUT2D eigenvalue weighted by Crippen LogP contribution is -2.03. The number of ether oxygens (including phenoxy) is 2. The fourth-order valence-corrected chi connectivity index (χ4v) is 1.95. The van der Waals surface area contributed by atoms with Gasteiger partial charge < -0.3 is 9.47 Å². The molecular weight excluding hydrogens is 202 g/mol. The third-order valence-electron chi connectivity index (χ3n) is 1.57. The molecule has 0 saturated heterocycles. The van der Waals surface area contributed by atoms with Crippen LogP contribution < -0.4 is 0 Å². The average Bonchev–Trinajstić information content (AvgIpc) is 2.48. The molecule has 0 saturated carbocycles. The average molecular weight is 215 g/mol. The van der Waals surface area contributed by atoms with E-state index in [2.05, 4.69) is 4.98 Å². The molecule has 0 spiro atoms. The Morgan fingerprint density at radius 1 is 1.57 bits per heavy atom. The van der Waals surface area contributed by atoms with Gasteiger partial charge in [0, 0.05) is 7.11 Å². The zero-order chi connectivity index (χ0) is 10.6. The molecule has 0 bridgehead atoms. The zero-order valence-corrected chi connectivity index (χ0v) is 9.31. The normalized spacial score (nSPS) is 10.2. The predicted octanol–water partition coefficient (Wildman–Crippen LogP) is 1.77. The number of rotatable bonds is 4. The summed E-state index contributed by atoms with van der Waals surface area (Å²) in [7, 11) is 1.60. The SMILES string of the molecule is CCOC(=O)c1sc(COC)nc1C. The first-order chi connectivity index (χ1) is 6.69. The minimum Gasteiger partial charge on any atom is -0.462 e. The predicted molar refractivity (Wildman–Crippen MR) is 53.5 cm³/mol. The summed E-state index contributed by atoms with van der Waals surface area (Å²) in [5.41, 5.74) is 0.709. The third kappa shape index (κ3) is 2.52. The van der Waals surface area contributed by atoms with E-state index in [1.165, 1.54) is 11.3 Å². The largest absolute Gasteiger partial charge is 0.462 e. The van der Waals surface area contributed by atoms with Crippen molar-refractivity contribution in [3.63, 3.8) is 0 Å². The topological polar surface area (TPSA) is 48.4 Å². The summed E-state index contributed by atoms with van der Waals surface area (Å²) >= 11 is 1.32. The van der Waals surface area contributed by atoms with Crippen molar-refractivity contribution in [1.29, 1.82) is 0 Å².